The molecule has 0 amide bonds. The molecule has 0 radical (unpaired) electrons. The Bertz CT molecular complexity index is 344. The fourth-order valence-electron chi connectivity index (χ4n) is 2.76. The molecule has 1 aliphatic carbocycles. The fraction of sp³-hybridized carbons (Fsp3) is 0.615. The Labute approximate surface area is 106 Å². The van der Waals surface area contributed by atoms with Crippen molar-refractivity contribution in [1.82, 2.24) is 4.98 Å². The number of halogens is 1. The van der Waals surface area contributed by atoms with Crippen LogP contribution in [0.4, 0.5) is 5.82 Å². The zero-order chi connectivity index (χ0) is 11.5. The van der Waals surface area contributed by atoms with Crippen LogP contribution >= 0.6 is 15.9 Å². The average molecular weight is 283 g/mol. The minimum Gasteiger partial charge on any atom is -0.367 e. The highest BCUT2D eigenvalue weighted by Gasteiger charge is 2.23. The largest absolute Gasteiger partial charge is 0.367 e. The van der Waals surface area contributed by atoms with E-state index in [2.05, 4.69) is 40.1 Å². The molecule has 0 bridgehead atoms. The lowest BCUT2D eigenvalue weighted by atomic mass is 9.80. The van der Waals surface area contributed by atoms with Crippen molar-refractivity contribution in [3.63, 3.8) is 0 Å². The standard InChI is InChI=1S/C13H19BrN2/c1-9-6-10(2)8-11(7-9)15-13-5-3-4-12(14)16-13/h3-5,9-11H,6-8H2,1-2H3,(H,15,16). The summed E-state index contributed by atoms with van der Waals surface area (Å²) in [5.41, 5.74) is 0. The first-order chi connectivity index (χ1) is 7.63. The lowest BCUT2D eigenvalue weighted by Crippen LogP contribution is -2.30. The van der Waals surface area contributed by atoms with Gasteiger partial charge in [0.2, 0.25) is 0 Å². The summed E-state index contributed by atoms with van der Waals surface area (Å²) in [5, 5.41) is 3.54. The van der Waals surface area contributed by atoms with Crippen molar-refractivity contribution < 1.29 is 0 Å². The Morgan fingerprint density at radius 2 is 1.88 bits per heavy atom. The highest BCUT2D eigenvalue weighted by molar-refractivity contribution is 9.10. The summed E-state index contributed by atoms with van der Waals surface area (Å²) in [6, 6.07) is 6.60. The second kappa shape index (κ2) is 5.17. The first-order valence-electron chi connectivity index (χ1n) is 6.02. The SMILES string of the molecule is CC1CC(C)CC(Nc2cccc(Br)n2)C1. The molecule has 0 aromatic carbocycles. The van der Waals surface area contributed by atoms with Gasteiger partial charge in [0.1, 0.15) is 10.4 Å². The molecule has 0 aliphatic heterocycles. The summed E-state index contributed by atoms with van der Waals surface area (Å²) in [6.45, 7) is 4.69. The summed E-state index contributed by atoms with van der Waals surface area (Å²) in [5.74, 6) is 2.64. The van der Waals surface area contributed by atoms with Crippen molar-refractivity contribution >= 4 is 21.7 Å². The second-order valence-electron chi connectivity index (χ2n) is 5.10. The van der Waals surface area contributed by atoms with E-state index in [-0.39, 0.29) is 0 Å². The molecular formula is C13H19BrN2. The predicted molar refractivity (Wildman–Crippen MR) is 71.5 cm³/mol. The Hall–Kier alpha value is -0.570. The Morgan fingerprint density at radius 1 is 1.19 bits per heavy atom. The van der Waals surface area contributed by atoms with Gasteiger partial charge in [0.15, 0.2) is 0 Å². The molecule has 1 heterocycles. The van der Waals surface area contributed by atoms with Crippen LogP contribution in [0, 0.1) is 11.8 Å². The normalized spacial score (nSPS) is 30.1. The van der Waals surface area contributed by atoms with Crippen LogP contribution in [-0.4, -0.2) is 11.0 Å². The number of aromatic nitrogens is 1. The molecule has 1 aromatic heterocycles. The van der Waals surface area contributed by atoms with E-state index < -0.39 is 0 Å². The Kier molecular flexibility index (Phi) is 3.85. The van der Waals surface area contributed by atoms with E-state index in [9.17, 15) is 0 Å². The van der Waals surface area contributed by atoms with Crippen LogP contribution in [0.5, 0.6) is 0 Å². The summed E-state index contributed by atoms with van der Waals surface area (Å²) >= 11 is 3.40. The van der Waals surface area contributed by atoms with Crippen molar-refractivity contribution in [2.45, 2.75) is 39.2 Å². The lowest BCUT2D eigenvalue weighted by molar-refractivity contribution is 0.280. The number of hydrogen-bond donors (Lipinski definition) is 1. The average Bonchev–Trinajstić information content (AvgIpc) is 2.15. The van der Waals surface area contributed by atoms with Crippen LogP contribution in [0.3, 0.4) is 0 Å². The molecule has 88 valence electrons. The summed E-state index contributed by atoms with van der Waals surface area (Å²) < 4.78 is 0.898. The zero-order valence-corrected chi connectivity index (χ0v) is 11.5. The molecule has 0 saturated heterocycles. The van der Waals surface area contributed by atoms with Crippen LogP contribution < -0.4 is 5.32 Å². The predicted octanol–water partition coefficient (Wildman–Crippen LogP) is 4.08. The van der Waals surface area contributed by atoms with Crippen molar-refractivity contribution in [3.05, 3.63) is 22.8 Å². The molecule has 0 spiro atoms. The summed E-state index contributed by atoms with van der Waals surface area (Å²) in [4.78, 5) is 4.42. The van der Waals surface area contributed by atoms with Gasteiger partial charge >= 0.3 is 0 Å². The third kappa shape index (κ3) is 3.21. The van der Waals surface area contributed by atoms with Crippen molar-refractivity contribution in [2.24, 2.45) is 11.8 Å². The maximum absolute atomic E-state index is 4.42. The molecule has 1 fully saturated rings. The second-order valence-corrected chi connectivity index (χ2v) is 5.92. The molecule has 1 aromatic rings. The van der Waals surface area contributed by atoms with Gasteiger partial charge in [-0.2, -0.15) is 0 Å². The minimum atomic E-state index is 0.584. The van der Waals surface area contributed by atoms with E-state index in [1.165, 1.54) is 19.3 Å². The van der Waals surface area contributed by atoms with Crippen LogP contribution in [-0.2, 0) is 0 Å². The smallest absolute Gasteiger partial charge is 0.127 e. The molecule has 2 rings (SSSR count). The number of hydrogen-bond acceptors (Lipinski definition) is 2. The number of nitrogens with zero attached hydrogens (tertiary/aromatic N) is 1. The highest BCUT2D eigenvalue weighted by Crippen LogP contribution is 2.30. The highest BCUT2D eigenvalue weighted by atomic mass is 79.9. The van der Waals surface area contributed by atoms with Gasteiger partial charge in [-0.3, -0.25) is 0 Å². The third-order valence-electron chi connectivity index (χ3n) is 3.25. The number of pyridine rings is 1. The van der Waals surface area contributed by atoms with Gasteiger partial charge in [0.05, 0.1) is 0 Å². The van der Waals surface area contributed by atoms with Gasteiger partial charge in [-0.05, 0) is 59.2 Å². The van der Waals surface area contributed by atoms with Gasteiger partial charge in [-0.25, -0.2) is 4.98 Å². The molecule has 3 heteroatoms. The molecule has 1 saturated carbocycles. The van der Waals surface area contributed by atoms with E-state index in [0.717, 1.165) is 22.3 Å². The monoisotopic (exact) mass is 282 g/mol. The Balaban J connectivity index is 1.98. The van der Waals surface area contributed by atoms with Crippen molar-refractivity contribution in [1.29, 1.82) is 0 Å². The van der Waals surface area contributed by atoms with E-state index in [1.807, 2.05) is 18.2 Å². The van der Waals surface area contributed by atoms with E-state index in [1.54, 1.807) is 0 Å². The molecule has 1 N–H and O–H groups in total. The van der Waals surface area contributed by atoms with Gasteiger partial charge < -0.3 is 5.32 Å². The van der Waals surface area contributed by atoms with Crippen LogP contribution in [0.1, 0.15) is 33.1 Å². The van der Waals surface area contributed by atoms with Crippen molar-refractivity contribution in [3.8, 4) is 0 Å². The third-order valence-corrected chi connectivity index (χ3v) is 3.69. The first kappa shape index (κ1) is 11.9. The van der Waals surface area contributed by atoms with E-state index in [0.29, 0.717) is 6.04 Å². The van der Waals surface area contributed by atoms with Crippen LogP contribution in [0.2, 0.25) is 0 Å². The number of nitrogens with one attached hydrogen (secondary N) is 1. The Morgan fingerprint density at radius 3 is 2.50 bits per heavy atom. The zero-order valence-electron chi connectivity index (χ0n) is 9.91. The summed E-state index contributed by atoms with van der Waals surface area (Å²) in [6.07, 6.45) is 3.89. The van der Waals surface area contributed by atoms with Gasteiger partial charge in [0, 0.05) is 6.04 Å². The maximum atomic E-state index is 4.42. The van der Waals surface area contributed by atoms with Gasteiger partial charge in [0.25, 0.3) is 0 Å². The fourth-order valence-corrected chi connectivity index (χ4v) is 3.11. The van der Waals surface area contributed by atoms with Crippen molar-refractivity contribution in [2.75, 3.05) is 5.32 Å². The molecule has 2 nitrogen and oxygen atoms in total. The maximum Gasteiger partial charge on any atom is 0.127 e. The number of rotatable bonds is 2. The molecular weight excluding hydrogens is 264 g/mol. The van der Waals surface area contributed by atoms with Crippen LogP contribution in [0.25, 0.3) is 0 Å². The molecule has 2 atom stereocenters. The topological polar surface area (TPSA) is 24.9 Å². The molecule has 1 aliphatic rings. The lowest BCUT2D eigenvalue weighted by Gasteiger charge is -2.32. The minimum absolute atomic E-state index is 0.584. The first-order valence-corrected chi connectivity index (χ1v) is 6.82. The van der Waals surface area contributed by atoms with E-state index >= 15 is 0 Å². The summed E-state index contributed by atoms with van der Waals surface area (Å²) in [7, 11) is 0. The van der Waals surface area contributed by atoms with E-state index in [4.69, 9.17) is 0 Å². The number of anilines is 1. The van der Waals surface area contributed by atoms with Gasteiger partial charge in [-0.1, -0.05) is 19.9 Å². The molecule has 2 unspecified atom stereocenters. The molecule has 16 heavy (non-hydrogen) atoms. The van der Waals surface area contributed by atoms with Gasteiger partial charge in [-0.15, -0.1) is 0 Å². The van der Waals surface area contributed by atoms with Crippen LogP contribution in [0.15, 0.2) is 22.8 Å². The quantitative estimate of drug-likeness (QED) is 0.827.